The highest BCUT2D eigenvalue weighted by molar-refractivity contribution is 5.78. The molecule has 0 radical (unpaired) electrons. The first-order chi connectivity index (χ1) is 9.25. The van der Waals surface area contributed by atoms with Crippen LogP contribution in [-0.4, -0.2) is 49.7 Å². The zero-order chi connectivity index (χ0) is 13.5. The van der Waals surface area contributed by atoms with Crippen molar-refractivity contribution in [2.75, 3.05) is 26.7 Å². The molecule has 110 valence electrons. The zero-order valence-electron chi connectivity index (χ0n) is 12.2. The Kier molecular flexibility index (Phi) is 6.11. The zero-order valence-corrected chi connectivity index (χ0v) is 12.2. The van der Waals surface area contributed by atoms with Crippen LogP contribution in [0.4, 0.5) is 0 Å². The molecule has 1 atom stereocenters. The van der Waals surface area contributed by atoms with Gasteiger partial charge < -0.3 is 10.1 Å². The van der Waals surface area contributed by atoms with Crippen LogP contribution in [0.5, 0.6) is 0 Å². The summed E-state index contributed by atoms with van der Waals surface area (Å²) in [4.78, 5) is 14.2. The fourth-order valence-electron chi connectivity index (χ4n) is 3.14. The van der Waals surface area contributed by atoms with Crippen molar-refractivity contribution in [1.82, 2.24) is 10.2 Å². The van der Waals surface area contributed by atoms with Gasteiger partial charge in [0, 0.05) is 19.2 Å². The molecule has 1 unspecified atom stereocenters. The van der Waals surface area contributed by atoms with Crippen molar-refractivity contribution in [1.29, 1.82) is 0 Å². The molecule has 0 aromatic rings. The van der Waals surface area contributed by atoms with Crippen molar-refractivity contribution >= 4 is 5.91 Å². The lowest BCUT2D eigenvalue weighted by Gasteiger charge is -2.26. The van der Waals surface area contributed by atoms with Crippen molar-refractivity contribution in [2.45, 2.75) is 63.5 Å². The summed E-state index contributed by atoms with van der Waals surface area (Å²) < 4.78 is 5.51. The van der Waals surface area contributed by atoms with Gasteiger partial charge in [0.05, 0.1) is 12.6 Å². The Bertz CT molecular complexity index is 269. The summed E-state index contributed by atoms with van der Waals surface area (Å²) in [5.74, 6) is 0.141. The topological polar surface area (TPSA) is 41.6 Å². The minimum absolute atomic E-state index is 0.141. The van der Waals surface area contributed by atoms with Crippen LogP contribution < -0.4 is 5.32 Å². The molecule has 2 rings (SSSR count). The normalized spacial score (nSPS) is 25.5. The van der Waals surface area contributed by atoms with Gasteiger partial charge in [-0.25, -0.2) is 0 Å². The first-order valence-electron chi connectivity index (χ1n) is 7.84. The van der Waals surface area contributed by atoms with E-state index in [0.717, 1.165) is 19.4 Å². The third-order valence-corrected chi connectivity index (χ3v) is 4.39. The molecular formula is C15H28N2O2. The van der Waals surface area contributed by atoms with Gasteiger partial charge in [0.25, 0.3) is 0 Å². The average Bonchev–Trinajstić information content (AvgIpc) is 2.76. The SMILES string of the molecule is CN(CC(=O)NCC1CCCO1)C1CCCCCC1. The smallest absolute Gasteiger partial charge is 0.234 e. The van der Waals surface area contributed by atoms with Crippen molar-refractivity contribution < 1.29 is 9.53 Å². The quantitative estimate of drug-likeness (QED) is 0.775. The largest absolute Gasteiger partial charge is 0.376 e. The van der Waals surface area contributed by atoms with Gasteiger partial charge in [-0.15, -0.1) is 0 Å². The Morgan fingerprint density at radius 2 is 1.89 bits per heavy atom. The predicted octanol–water partition coefficient (Wildman–Crippen LogP) is 1.94. The van der Waals surface area contributed by atoms with E-state index < -0.39 is 0 Å². The highest BCUT2D eigenvalue weighted by atomic mass is 16.5. The van der Waals surface area contributed by atoms with Crippen LogP contribution in [0.2, 0.25) is 0 Å². The predicted molar refractivity (Wildman–Crippen MR) is 76.1 cm³/mol. The molecule has 2 fully saturated rings. The van der Waals surface area contributed by atoms with Crippen LogP contribution in [0.15, 0.2) is 0 Å². The third kappa shape index (κ3) is 5.11. The summed E-state index contributed by atoms with van der Waals surface area (Å²) in [6, 6.07) is 0.594. The second-order valence-electron chi connectivity index (χ2n) is 6.00. The van der Waals surface area contributed by atoms with Crippen LogP contribution in [-0.2, 0) is 9.53 Å². The molecule has 0 aromatic heterocycles. The maximum Gasteiger partial charge on any atom is 0.234 e. The van der Waals surface area contributed by atoms with Crippen molar-refractivity contribution in [3.05, 3.63) is 0 Å². The Morgan fingerprint density at radius 3 is 2.53 bits per heavy atom. The number of carbonyl (C=O) groups excluding carboxylic acids is 1. The minimum Gasteiger partial charge on any atom is -0.376 e. The summed E-state index contributed by atoms with van der Waals surface area (Å²) in [5, 5.41) is 3.00. The molecule has 1 N–H and O–H groups in total. The number of amides is 1. The van der Waals surface area contributed by atoms with Crippen LogP contribution in [0.1, 0.15) is 51.4 Å². The summed E-state index contributed by atoms with van der Waals surface area (Å²) in [6.07, 6.45) is 10.3. The van der Waals surface area contributed by atoms with E-state index in [-0.39, 0.29) is 12.0 Å². The Balaban J connectivity index is 1.65. The first kappa shape index (κ1) is 14.8. The number of likely N-dealkylation sites (N-methyl/N-ethyl adjacent to an activating group) is 1. The van der Waals surface area contributed by atoms with Gasteiger partial charge in [-0.1, -0.05) is 25.7 Å². The molecule has 1 saturated heterocycles. The summed E-state index contributed by atoms with van der Waals surface area (Å²) >= 11 is 0. The van der Waals surface area contributed by atoms with Crippen LogP contribution in [0.3, 0.4) is 0 Å². The molecule has 2 aliphatic rings. The lowest BCUT2D eigenvalue weighted by atomic mass is 10.1. The first-order valence-corrected chi connectivity index (χ1v) is 7.84. The van der Waals surface area contributed by atoms with E-state index >= 15 is 0 Å². The van der Waals surface area contributed by atoms with Gasteiger partial charge in [0.2, 0.25) is 5.91 Å². The van der Waals surface area contributed by atoms with Crippen molar-refractivity contribution in [3.63, 3.8) is 0 Å². The molecule has 4 nitrogen and oxygen atoms in total. The third-order valence-electron chi connectivity index (χ3n) is 4.39. The molecule has 1 aliphatic heterocycles. The number of nitrogens with zero attached hydrogens (tertiary/aromatic N) is 1. The Hall–Kier alpha value is -0.610. The molecule has 0 spiro atoms. The second kappa shape index (κ2) is 7.85. The van der Waals surface area contributed by atoms with Crippen LogP contribution >= 0.6 is 0 Å². The summed E-state index contributed by atoms with van der Waals surface area (Å²) in [7, 11) is 2.08. The number of rotatable bonds is 5. The lowest BCUT2D eigenvalue weighted by molar-refractivity contribution is -0.123. The maximum atomic E-state index is 11.9. The molecule has 1 saturated carbocycles. The van der Waals surface area contributed by atoms with Crippen molar-refractivity contribution in [3.8, 4) is 0 Å². The number of ether oxygens (including phenoxy) is 1. The van der Waals surface area contributed by atoms with Crippen LogP contribution in [0, 0.1) is 0 Å². The van der Waals surface area contributed by atoms with E-state index in [2.05, 4.69) is 17.3 Å². The molecule has 4 heteroatoms. The standard InChI is InChI=1S/C15H28N2O2/c1-17(13-7-4-2-3-5-8-13)12-15(18)16-11-14-9-6-10-19-14/h13-14H,2-12H2,1H3,(H,16,18). The van der Waals surface area contributed by atoms with E-state index in [1.54, 1.807) is 0 Å². The van der Waals surface area contributed by atoms with E-state index in [1.807, 2.05) is 0 Å². The minimum atomic E-state index is 0.141. The average molecular weight is 268 g/mol. The lowest BCUT2D eigenvalue weighted by Crippen LogP contribution is -2.42. The highest BCUT2D eigenvalue weighted by Gasteiger charge is 2.20. The fourth-order valence-corrected chi connectivity index (χ4v) is 3.14. The number of hydrogen-bond acceptors (Lipinski definition) is 3. The summed E-state index contributed by atoms with van der Waals surface area (Å²) in [6.45, 7) is 2.05. The second-order valence-corrected chi connectivity index (χ2v) is 6.00. The molecule has 0 bridgehead atoms. The number of nitrogens with one attached hydrogen (secondary N) is 1. The monoisotopic (exact) mass is 268 g/mol. The van der Waals surface area contributed by atoms with Gasteiger partial charge in [0.15, 0.2) is 0 Å². The fraction of sp³-hybridized carbons (Fsp3) is 0.933. The molecule has 1 aliphatic carbocycles. The Morgan fingerprint density at radius 1 is 1.16 bits per heavy atom. The molecular weight excluding hydrogens is 240 g/mol. The molecule has 1 heterocycles. The summed E-state index contributed by atoms with van der Waals surface area (Å²) in [5.41, 5.74) is 0. The van der Waals surface area contributed by atoms with E-state index in [1.165, 1.54) is 38.5 Å². The van der Waals surface area contributed by atoms with Gasteiger partial charge in [-0.05, 0) is 32.7 Å². The van der Waals surface area contributed by atoms with E-state index in [9.17, 15) is 4.79 Å². The van der Waals surface area contributed by atoms with Crippen molar-refractivity contribution in [2.24, 2.45) is 0 Å². The number of hydrogen-bond donors (Lipinski definition) is 1. The molecule has 0 aromatic carbocycles. The van der Waals surface area contributed by atoms with Crippen LogP contribution in [0.25, 0.3) is 0 Å². The molecule has 19 heavy (non-hydrogen) atoms. The molecule has 1 amide bonds. The van der Waals surface area contributed by atoms with Gasteiger partial charge in [-0.3, -0.25) is 9.69 Å². The maximum absolute atomic E-state index is 11.9. The number of carbonyl (C=O) groups is 1. The van der Waals surface area contributed by atoms with E-state index in [4.69, 9.17) is 4.74 Å². The highest BCUT2D eigenvalue weighted by Crippen LogP contribution is 2.20. The van der Waals surface area contributed by atoms with Gasteiger partial charge >= 0.3 is 0 Å². The van der Waals surface area contributed by atoms with Gasteiger partial charge in [-0.2, -0.15) is 0 Å². The van der Waals surface area contributed by atoms with E-state index in [0.29, 0.717) is 19.1 Å². The van der Waals surface area contributed by atoms with Gasteiger partial charge in [0.1, 0.15) is 0 Å². The Labute approximate surface area is 116 Å².